The van der Waals surface area contributed by atoms with Crippen molar-refractivity contribution < 1.29 is 13.4 Å². The van der Waals surface area contributed by atoms with Crippen molar-refractivity contribution in [2.75, 3.05) is 10.7 Å². The fourth-order valence-corrected chi connectivity index (χ4v) is 2.81. The molecule has 0 saturated heterocycles. The highest BCUT2D eigenvalue weighted by Crippen LogP contribution is 2.24. The van der Waals surface area contributed by atoms with Crippen molar-refractivity contribution in [3.05, 3.63) is 78.3 Å². The second kappa shape index (κ2) is 8.03. The fourth-order valence-electron chi connectivity index (χ4n) is 2.81. The van der Waals surface area contributed by atoms with Crippen LogP contribution in [0, 0.1) is 5.82 Å². The maximum Gasteiger partial charge on any atom is 0.245 e. The average molecular weight is 415 g/mol. The van der Waals surface area contributed by atoms with Crippen LogP contribution < -0.4 is 10.7 Å². The van der Waals surface area contributed by atoms with Gasteiger partial charge in [0.25, 0.3) is 0 Å². The summed E-state index contributed by atoms with van der Waals surface area (Å²) in [6.45, 7) is 0. The van der Waals surface area contributed by atoms with Crippen LogP contribution in [0.5, 0.6) is 0 Å². The molecule has 0 radical (unpaired) electrons. The van der Waals surface area contributed by atoms with E-state index in [1.54, 1.807) is 12.1 Å². The molecule has 5 aromatic rings. The SMILES string of the molecule is Fc1ccc(Nc2nc3nonc3nc2NN=Cc2ccc(-c3ccccc3)o2)cc1. The molecular formula is C21H14FN7O2. The Morgan fingerprint density at radius 2 is 1.58 bits per heavy atom. The van der Waals surface area contributed by atoms with Crippen LogP contribution in [-0.2, 0) is 0 Å². The molecule has 152 valence electrons. The highest BCUT2D eigenvalue weighted by atomic mass is 19.1. The normalized spacial score (nSPS) is 11.3. The molecule has 0 unspecified atom stereocenters. The molecule has 9 nitrogen and oxygen atoms in total. The maximum atomic E-state index is 13.2. The number of anilines is 3. The molecular weight excluding hydrogens is 401 g/mol. The summed E-state index contributed by atoms with van der Waals surface area (Å²) in [4.78, 5) is 8.64. The van der Waals surface area contributed by atoms with Crippen molar-refractivity contribution in [3.8, 4) is 11.3 Å². The fraction of sp³-hybridized carbons (Fsp3) is 0. The Hall–Kier alpha value is -4.60. The Kier molecular flexibility index (Phi) is 4.77. The minimum absolute atomic E-state index is 0.215. The third kappa shape index (κ3) is 4.08. The van der Waals surface area contributed by atoms with Crippen molar-refractivity contribution in [1.82, 2.24) is 20.3 Å². The summed E-state index contributed by atoms with van der Waals surface area (Å²) in [5, 5.41) is 14.6. The van der Waals surface area contributed by atoms with E-state index < -0.39 is 0 Å². The summed E-state index contributed by atoms with van der Waals surface area (Å²) in [5.41, 5.74) is 4.83. The molecule has 0 bridgehead atoms. The Morgan fingerprint density at radius 3 is 2.35 bits per heavy atom. The summed E-state index contributed by atoms with van der Waals surface area (Å²) in [7, 11) is 0. The monoisotopic (exact) mass is 415 g/mol. The van der Waals surface area contributed by atoms with Gasteiger partial charge in [-0.1, -0.05) is 30.3 Å². The van der Waals surface area contributed by atoms with E-state index in [0.29, 0.717) is 17.3 Å². The molecule has 0 saturated carbocycles. The van der Waals surface area contributed by atoms with E-state index >= 15 is 0 Å². The third-order valence-electron chi connectivity index (χ3n) is 4.27. The lowest BCUT2D eigenvalue weighted by Gasteiger charge is -2.09. The van der Waals surface area contributed by atoms with Crippen LogP contribution in [0.15, 0.2) is 80.9 Å². The first kappa shape index (κ1) is 18.4. The number of nitrogens with one attached hydrogen (secondary N) is 2. The van der Waals surface area contributed by atoms with Gasteiger partial charge in [0.2, 0.25) is 11.3 Å². The van der Waals surface area contributed by atoms with Gasteiger partial charge >= 0.3 is 0 Å². The smallest absolute Gasteiger partial charge is 0.245 e. The molecule has 3 heterocycles. The highest BCUT2D eigenvalue weighted by molar-refractivity contribution is 5.80. The van der Waals surface area contributed by atoms with Gasteiger partial charge in [0, 0.05) is 11.3 Å². The molecule has 31 heavy (non-hydrogen) atoms. The zero-order valence-electron chi connectivity index (χ0n) is 15.9. The Balaban J connectivity index is 1.38. The molecule has 0 atom stereocenters. The van der Waals surface area contributed by atoms with E-state index in [-0.39, 0.29) is 22.9 Å². The Morgan fingerprint density at radius 1 is 0.839 bits per heavy atom. The van der Waals surface area contributed by atoms with Crippen LogP contribution in [0.3, 0.4) is 0 Å². The topological polar surface area (TPSA) is 114 Å². The summed E-state index contributed by atoms with van der Waals surface area (Å²) in [5.74, 6) is 1.53. The minimum atomic E-state index is -0.343. The average Bonchev–Trinajstić information content (AvgIpc) is 3.45. The third-order valence-corrected chi connectivity index (χ3v) is 4.27. The van der Waals surface area contributed by atoms with E-state index in [2.05, 4.69) is 40.8 Å². The van der Waals surface area contributed by atoms with Gasteiger partial charge in [0.05, 0.1) is 6.21 Å². The predicted octanol–water partition coefficient (Wildman–Crippen LogP) is 4.60. The molecule has 0 amide bonds. The number of nitrogens with zero attached hydrogens (tertiary/aromatic N) is 5. The van der Waals surface area contributed by atoms with E-state index in [9.17, 15) is 4.39 Å². The van der Waals surface area contributed by atoms with Crippen LogP contribution in [-0.4, -0.2) is 26.5 Å². The predicted molar refractivity (Wildman–Crippen MR) is 112 cm³/mol. The minimum Gasteiger partial charge on any atom is -0.455 e. The van der Waals surface area contributed by atoms with Crippen LogP contribution in [0.2, 0.25) is 0 Å². The number of hydrogen-bond donors (Lipinski definition) is 2. The van der Waals surface area contributed by atoms with Crippen LogP contribution >= 0.6 is 0 Å². The van der Waals surface area contributed by atoms with Gasteiger partial charge in [-0.3, -0.25) is 5.43 Å². The molecule has 0 spiro atoms. The quantitative estimate of drug-likeness (QED) is 0.305. The lowest BCUT2D eigenvalue weighted by Crippen LogP contribution is -2.03. The number of furan rings is 1. The largest absolute Gasteiger partial charge is 0.455 e. The summed E-state index contributed by atoms with van der Waals surface area (Å²) in [6, 6.07) is 19.2. The Labute approximate surface area is 174 Å². The van der Waals surface area contributed by atoms with Crippen LogP contribution in [0.1, 0.15) is 5.76 Å². The molecule has 2 N–H and O–H groups in total. The van der Waals surface area contributed by atoms with Crippen molar-refractivity contribution in [1.29, 1.82) is 0 Å². The van der Waals surface area contributed by atoms with Gasteiger partial charge in [-0.25, -0.2) is 14.0 Å². The molecule has 0 aliphatic carbocycles. The molecule has 5 rings (SSSR count). The summed E-state index contributed by atoms with van der Waals surface area (Å²) >= 11 is 0. The zero-order chi connectivity index (χ0) is 21.0. The van der Waals surface area contributed by atoms with Gasteiger partial charge in [0.1, 0.15) is 17.3 Å². The molecule has 0 aliphatic rings. The second-order valence-corrected chi connectivity index (χ2v) is 6.40. The van der Waals surface area contributed by atoms with E-state index in [1.165, 1.54) is 18.3 Å². The summed E-state index contributed by atoms with van der Waals surface area (Å²) < 4.78 is 23.6. The van der Waals surface area contributed by atoms with Gasteiger partial charge in [-0.05, 0) is 46.7 Å². The first-order valence-corrected chi connectivity index (χ1v) is 9.22. The molecule has 2 aromatic carbocycles. The van der Waals surface area contributed by atoms with Crippen LogP contribution in [0.25, 0.3) is 22.6 Å². The number of benzene rings is 2. The van der Waals surface area contributed by atoms with Crippen molar-refractivity contribution >= 4 is 34.8 Å². The first-order valence-electron chi connectivity index (χ1n) is 9.22. The molecule has 3 aromatic heterocycles. The van der Waals surface area contributed by atoms with Gasteiger partial charge < -0.3 is 9.73 Å². The number of fused-ring (bicyclic) bond motifs is 1. The maximum absolute atomic E-state index is 13.2. The van der Waals surface area contributed by atoms with Crippen molar-refractivity contribution in [3.63, 3.8) is 0 Å². The van der Waals surface area contributed by atoms with Gasteiger partial charge in [-0.2, -0.15) is 10.1 Å². The number of rotatable bonds is 6. The lowest BCUT2D eigenvalue weighted by atomic mass is 10.2. The van der Waals surface area contributed by atoms with Crippen LogP contribution in [0.4, 0.5) is 21.7 Å². The van der Waals surface area contributed by atoms with Gasteiger partial charge in [-0.15, -0.1) is 0 Å². The Bertz CT molecular complexity index is 1350. The standard InChI is InChI=1S/C21H14FN7O2/c22-14-6-8-15(9-7-14)24-18-19(26-21-20(25-18)28-31-29-21)27-23-12-16-10-11-17(30-16)13-4-2-1-3-5-13/h1-12H,(H,24,25,28)(H,26,27,29). The van der Waals surface area contributed by atoms with Crippen molar-refractivity contribution in [2.45, 2.75) is 0 Å². The molecule has 0 aliphatic heterocycles. The van der Waals surface area contributed by atoms with Crippen molar-refractivity contribution in [2.24, 2.45) is 5.10 Å². The zero-order valence-corrected chi connectivity index (χ0v) is 15.9. The number of hydrogen-bond acceptors (Lipinski definition) is 9. The number of aromatic nitrogens is 4. The second-order valence-electron chi connectivity index (χ2n) is 6.40. The number of halogens is 1. The van der Waals surface area contributed by atoms with E-state index in [0.717, 1.165) is 11.3 Å². The summed E-state index contributed by atoms with van der Waals surface area (Å²) in [6.07, 6.45) is 1.51. The highest BCUT2D eigenvalue weighted by Gasteiger charge is 2.13. The molecule has 0 fully saturated rings. The lowest BCUT2D eigenvalue weighted by molar-refractivity contribution is 0.314. The number of hydrazone groups is 1. The van der Waals surface area contributed by atoms with Gasteiger partial charge in [0.15, 0.2) is 11.6 Å². The van der Waals surface area contributed by atoms with E-state index in [4.69, 9.17) is 4.42 Å². The first-order chi connectivity index (χ1) is 15.2. The molecule has 10 heteroatoms. The van der Waals surface area contributed by atoms with E-state index in [1.807, 2.05) is 42.5 Å².